The summed E-state index contributed by atoms with van der Waals surface area (Å²) in [4.78, 5) is 17.2. The molecule has 2 heterocycles. The number of rotatable bonds is 6. The number of hydrogen-bond acceptors (Lipinski definition) is 5. The number of benzene rings is 2. The molecule has 0 atom stereocenters. The van der Waals surface area contributed by atoms with Gasteiger partial charge in [0.25, 0.3) is 5.91 Å². The summed E-state index contributed by atoms with van der Waals surface area (Å²) in [5.41, 5.74) is 5.06. The standard InChI is InChI=1S/C25H20ClFN4O3/c1-33-21-10-15-9-18-23(25(32)29-13-14-5-7-28-8-6-14)30-31(16-3-4-20(27)19(26)11-16)24(18)17(15)12-22(21)34-2/h3-8,10-12H,9,13H2,1-2H3,(H,29,32). The molecule has 0 saturated carbocycles. The van der Waals surface area contributed by atoms with Crippen LogP contribution < -0.4 is 14.8 Å². The maximum absolute atomic E-state index is 13.8. The SMILES string of the molecule is COc1cc2c(cc1OC)-c1c(c(C(=O)NCc3ccncc3)nn1-c1ccc(F)c(Cl)c1)C2. The van der Waals surface area contributed by atoms with Crippen molar-refractivity contribution in [1.82, 2.24) is 20.1 Å². The van der Waals surface area contributed by atoms with Gasteiger partial charge in [0.1, 0.15) is 5.82 Å². The van der Waals surface area contributed by atoms with Crippen LogP contribution in [-0.2, 0) is 13.0 Å². The first-order valence-corrected chi connectivity index (χ1v) is 10.9. The van der Waals surface area contributed by atoms with E-state index < -0.39 is 5.82 Å². The summed E-state index contributed by atoms with van der Waals surface area (Å²) in [5, 5.41) is 7.51. The Bertz CT molecular complexity index is 1410. The van der Waals surface area contributed by atoms with Crippen LogP contribution in [0.4, 0.5) is 4.39 Å². The summed E-state index contributed by atoms with van der Waals surface area (Å²) in [6.07, 6.45) is 3.82. The molecule has 1 amide bonds. The van der Waals surface area contributed by atoms with Gasteiger partial charge in [-0.25, -0.2) is 9.07 Å². The zero-order valence-electron chi connectivity index (χ0n) is 18.4. The number of amides is 1. The molecular formula is C25H20ClFN4O3. The minimum Gasteiger partial charge on any atom is -0.493 e. The number of fused-ring (bicyclic) bond motifs is 3. The first kappa shape index (κ1) is 21.9. The van der Waals surface area contributed by atoms with Crippen LogP contribution in [0, 0.1) is 5.82 Å². The Labute approximate surface area is 200 Å². The van der Waals surface area contributed by atoms with Crippen LogP contribution >= 0.6 is 11.6 Å². The molecule has 2 aromatic carbocycles. The van der Waals surface area contributed by atoms with Crippen LogP contribution in [0.3, 0.4) is 0 Å². The molecule has 0 bridgehead atoms. The second-order valence-electron chi connectivity index (χ2n) is 7.77. The van der Waals surface area contributed by atoms with Crippen molar-refractivity contribution in [2.45, 2.75) is 13.0 Å². The Kier molecular flexibility index (Phi) is 5.67. The largest absolute Gasteiger partial charge is 0.493 e. The molecule has 1 aliphatic rings. The van der Waals surface area contributed by atoms with E-state index in [2.05, 4.69) is 15.4 Å². The molecule has 0 aliphatic heterocycles. The number of pyridine rings is 1. The highest BCUT2D eigenvalue weighted by Crippen LogP contribution is 2.45. The van der Waals surface area contributed by atoms with E-state index in [4.69, 9.17) is 21.1 Å². The van der Waals surface area contributed by atoms with Crippen LogP contribution in [0.15, 0.2) is 54.9 Å². The molecule has 34 heavy (non-hydrogen) atoms. The van der Waals surface area contributed by atoms with Gasteiger partial charge in [-0.2, -0.15) is 5.10 Å². The fourth-order valence-electron chi connectivity index (χ4n) is 4.13. The minimum absolute atomic E-state index is 0.0315. The summed E-state index contributed by atoms with van der Waals surface area (Å²) in [6.45, 7) is 0.333. The van der Waals surface area contributed by atoms with Crippen molar-refractivity contribution in [2.24, 2.45) is 0 Å². The maximum atomic E-state index is 13.8. The van der Waals surface area contributed by atoms with E-state index in [1.54, 1.807) is 37.4 Å². The van der Waals surface area contributed by atoms with Crippen molar-refractivity contribution in [2.75, 3.05) is 14.2 Å². The van der Waals surface area contributed by atoms with E-state index in [1.165, 1.54) is 12.1 Å². The van der Waals surface area contributed by atoms with Gasteiger partial charge in [-0.1, -0.05) is 11.6 Å². The number of carbonyl (C=O) groups excluding carboxylic acids is 1. The second-order valence-corrected chi connectivity index (χ2v) is 8.17. The van der Waals surface area contributed by atoms with Gasteiger partial charge >= 0.3 is 0 Å². The highest BCUT2D eigenvalue weighted by Gasteiger charge is 2.32. The van der Waals surface area contributed by atoms with Gasteiger partial charge in [0.05, 0.1) is 30.6 Å². The third-order valence-electron chi connectivity index (χ3n) is 5.78. The number of ether oxygens (including phenoxy) is 2. The van der Waals surface area contributed by atoms with Gasteiger partial charge in [0.2, 0.25) is 0 Å². The number of nitrogens with one attached hydrogen (secondary N) is 1. The summed E-state index contributed by atoms with van der Waals surface area (Å²) in [7, 11) is 3.14. The summed E-state index contributed by atoms with van der Waals surface area (Å²) >= 11 is 6.05. The Morgan fingerprint density at radius 2 is 1.85 bits per heavy atom. The minimum atomic E-state index is -0.531. The van der Waals surface area contributed by atoms with Crippen molar-refractivity contribution < 1.29 is 18.7 Å². The maximum Gasteiger partial charge on any atom is 0.272 e. The highest BCUT2D eigenvalue weighted by molar-refractivity contribution is 6.30. The summed E-state index contributed by atoms with van der Waals surface area (Å²) < 4.78 is 26.4. The average molecular weight is 479 g/mol. The Morgan fingerprint density at radius 1 is 1.12 bits per heavy atom. The lowest BCUT2D eigenvalue weighted by Gasteiger charge is -2.12. The lowest BCUT2D eigenvalue weighted by Crippen LogP contribution is -2.24. The van der Waals surface area contributed by atoms with Crippen molar-refractivity contribution in [3.63, 3.8) is 0 Å². The molecule has 0 spiro atoms. The molecule has 1 N–H and O–H groups in total. The topological polar surface area (TPSA) is 78.3 Å². The van der Waals surface area contributed by atoms with E-state index in [-0.39, 0.29) is 10.9 Å². The van der Waals surface area contributed by atoms with E-state index >= 15 is 0 Å². The van der Waals surface area contributed by atoms with Crippen molar-refractivity contribution in [3.05, 3.63) is 88.1 Å². The number of carbonyl (C=O) groups is 1. The molecule has 4 aromatic rings. The van der Waals surface area contributed by atoms with Gasteiger partial charge < -0.3 is 14.8 Å². The second kappa shape index (κ2) is 8.79. The number of aromatic nitrogens is 3. The van der Waals surface area contributed by atoms with Crippen LogP contribution in [0.5, 0.6) is 11.5 Å². The fraction of sp³-hybridized carbons (Fsp3) is 0.160. The van der Waals surface area contributed by atoms with Crippen molar-refractivity contribution >= 4 is 17.5 Å². The van der Waals surface area contributed by atoms with Gasteiger partial charge in [-0.05, 0) is 53.6 Å². The molecule has 5 rings (SSSR count). The van der Waals surface area contributed by atoms with Crippen LogP contribution in [0.25, 0.3) is 16.9 Å². The molecule has 0 radical (unpaired) electrons. The van der Waals surface area contributed by atoms with Gasteiger partial charge in [-0.15, -0.1) is 0 Å². The Balaban J connectivity index is 1.61. The average Bonchev–Trinajstić information content (AvgIpc) is 3.41. The van der Waals surface area contributed by atoms with Gasteiger partial charge in [0.15, 0.2) is 17.2 Å². The normalized spacial score (nSPS) is 11.6. The van der Waals surface area contributed by atoms with E-state index in [9.17, 15) is 9.18 Å². The molecule has 1 aliphatic carbocycles. The molecule has 9 heteroatoms. The zero-order chi connectivity index (χ0) is 23.8. The number of methoxy groups -OCH3 is 2. The van der Waals surface area contributed by atoms with Crippen molar-refractivity contribution in [3.8, 4) is 28.4 Å². The molecule has 172 valence electrons. The van der Waals surface area contributed by atoms with Crippen LogP contribution in [-0.4, -0.2) is 34.9 Å². The predicted octanol–water partition coefficient (Wildman–Crippen LogP) is 4.58. The molecule has 0 saturated heterocycles. The smallest absolute Gasteiger partial charge is 0.272 e. The highest BCUT2D eigenvalue weighted by atomic mass is 35.5. The molecule has 0 unspecified atom stereocenters. The predicted molar refractivity (Wildman–Crippen MR) is 125 cm³/mol. The van der Waals surface area contributed by atoms with E-state index in [1.807, 2.05) is 24.3 Å². The molecule has 2 aromatic heterocycles. The van der Waals surface area contributed by atoms with E-state index in [0.29, 0.717) is 35.8 Å². The molecule has 7 nitrogen and oxygen atoms in total. The lowest BCUT2D eigenvalue weighted by atomic mass is 10.1. The Morgan fingerprint density at radius 3 is 2.56 bits per heavy atom. The van der Waals surface area contributed by atoms with Crippen LogP contribution in [0.1, 0.15) is 27.2 Å². The monoisotopic (exact) mass is 478 g/mol. The number of halogens is 2. The summed E-state index contributed by atoms with van der Waals surface area (Å²) in [6, 6.07) is 11.8. The van der Waals surface area contributed by atoms with E-state index in [0.717, 1.165) is 27.9 Å². The first-order valence-electron chi connectivity index (χ1n) is 10.5. The lowest BCUT2D eigenvalue weighted by molar-refractivity contribution is 0.0944. The zero-order valence-corrected chi connectivity index (χ0v) is 19.2. The first-order chi connectivity index (χ1) is 16.5. The fourth-order valence-corrected chi connectivity index (χ4v) is 4.30. The Hall–Kier alpha value is -3.91. The number of hydrogen-bond donors (Lipinski definition) is 1. The molecule has 0 fully saturated rings. The number of nitrogens with zero attached hydrogens (tertiary/aromatic N) is 3. The quantitative estimate of drug-likeness (QED) is 0.386. The van der Waals surface area contributed by atoms with Gasteiger partial charge in [0, 0.05) is 36.5 Å². The summed E-state index contributed by atoms with van der Waals surface area (Å²) in [5.74, 6) is 0.310. The van der Waals surface area contributed by atoms with Crippen molar-refractivity contribution in [1.29, 1.82) is 0 Å². The third-order valence-corrected chi connectivity index (χ3v) is 6.07. The van der Waals surface area contributed by atoms with Gasteiger partial charge in [-0.3, -0.25) is 9.78 Å². The van der Waals surface area contributed by atoms with Crippen LogP contribution in [0.2, 0.25) is 5.02 Å². The third kappa shape index (κ3) is 3.76. The molecular weight excluding hydrogens is 459 g/mol.